The molecule has 40 heavy (non-hydrogen) atoms. The van der Waals surface area contributed by atoms with Crippen LogP contribution in [0.25, 0.3) is 11.1 Å². The van der Waals surface area contributed by atoms with Gasteiger partial charge in [0, 0.05) is 12.2 Å². The molecule has 0 radical (unpaired) electrons. The van der Waals surface area contributed by atoms with Crippen LogP contribution in [0.2, 0.25) is 0 Å². The van der Waals surface area contributed by atoms with Crippen molar-refractivity contribution in [3.63, 3.8) is 0 Å². The highest BCUT2D eigenvalue weighted by Gasteiger charge is 2.13. The summed E-state index contributed by atoms with van der Waals surface area (Å²) in [5.74, 6) is 3.79. The van der Waals surface area contributed by atoms with Gasteiger partial charge in [-0.15, -0.1) is 0 Å². The number of aromatic carboxylic acids is 2. The maximum Gasteiger partial charge on any atom is 0.335 e. The summed E-state index contributed by atoms with van der Waals surface area (Å²) in [6.07, 6.45) is 21.5. The van der Waals surface area contributed by atoms with Crippen molar-refractivity contribution in [2.24, 2.45) is 0 Å². The molecule has 0 saturated carbocycles. The molecule has 2 rings (SSSR count). The van der Waals surface area contributed by atoms with Gasteiger partial charge in [0.2, 0.25) is 0 Å². The minimum Gasteiger partial charge on any atom is -0.478 e. The third-order valence-electron chi connectivity index (χ3n) is 7.20. The van der Waals surface area contributed by atoms with E-state index in [9.17, 15) is 19.8 Å². The summed E-state index contributed by atoms with van der Waals surface area (Å²) in [6, 6.07) is 11.4. The number of carboxylic acids is 2. The van der Waals surface area contributed by atoms with E-state index in [1.54, 1.807) is 0 Å². The van der Waals surface area contributed by atoms with Gasteiger partial charge in [0.1, 0.15) is 6.61 Å². The van der Waals surface area contributed by atoms with Crippen LogP contribution in [0.1, 0.15) is 136 Å². The van der Waals surface area contributed by atoms with Gasteiger partial charge in [-0.25, -0.2) is 9.59 Å². The summed E-state index contributed by atoms with van der Waals surface area (Å²) in [4.78, 5) is 22.9. The van der Waals surface area contributed by atoms with Gasteiger partial charge < -0.3 is 14.9 Å². The molecular formula is C35H48O5. The minimum atomic E-state index is -1.17. The van der Waals surface area contributed by atoms with Crippen molar-refractivity contribution in [2.45, 2.75) is 110 Å². The predicted molar refractivity (Wildman–Crippen MR) is 163 cm³/mol. The monoisotopic (exact) mass is 548 g/mol. The van der Waals surface area contributed by atoms with Crippen molar-refractivity contribution in [1.29, 1.82) is 0 Å². The Hall–Kier alpha value is -3.10. The van der Waals surface area contributed by atoms with Gasteiger partial charge in [0.05, 0.1) is 11.1 Å². The number of benzene rings is 2. The zero-order valence-corrected chi connectivity index (χ0v) is 24.4. The van der Waals surface area contributed by atoms with Gasteiger partial charge >= 0.3 is 11.9 Å². The van der Waals surface area contributed by atoms with E-state index in [1.807, 2.05) is 24.3 Å². The lowest BCUT2D eigenvalue weighted by Crippen LogP contribution is -2.03. The maximum atomic E-state index is 11.5. The van der Waals surface area contributed by atoms with Crippen molar-refractivity contribution in [2.75, 3.05) is 13.2 Å². The summed E-state index contributed by atoms with van der Waals surface area (Å²) in [7, 11) is 0. The second kappa shape index (κ2) is 20.8. The van der Waals surface area contributed by atoms with Crippen LogP contribution in [0.5, 0.6) is 0 Å². The van der Waals surface area contributed by atoms with Crippen LogP contribution in [-0.4, -0.2) is 35.4 Å². The van der Waals surface area contributed by atoms with Crippen molar-refractivity contribution >= 4 is 11.9 Å². The first kappa shape index (κ1) is 33.1. The van der Waals surface area contributed by atoms with Crippen LogP contribution in [0.4, 0.5) is 0 Å². The van der Waals surface area contributed by atoms with Crippen LogP contribution >= 0.6 is 0 Å². The summed E-state index contributed by atoms with van der Waals surface area (Å²) >= 11 is 0. The average molecular weight is 549 g/mol. The number of carbonyl (C=O) groups is 2. The van der Waals surface area contributed by atoms with E-state index in [0.717, 1.165) is 12.5 Å². The first-order chi connectivity index (χ1) is 19.5. The fourth-order valence-corrected chi connectivity index (χ4v) is 4.88. The fourth-order valence-electron chi connectivity index (χ4n) is 4.88. The Kier molecular flexibility index (Phi) is 17.2. The topological polar surface area (TPSA) is 83.8 Å². The van der Waals surface area contributed by atoms with Crippen molar-refractivity contribution in [3.05, 3.63) is 59.2 Å². The lowest BCUT2D eigenvalue weighted by Gasteiger charge is -2.08. The molecule has 2 N–H and O–H groups in total. The molecule has 0 heterocycles. The van der Waals surface area contributed by atoms with Gasteiger partial charge in [-0.3, -0.25) is 0 Å². The lowest BCUT2D eigenvalue weighted by molar-refractivity contribution is 0.0696. The van der Waals surface area contributed by atoms with Crippen LogP contribution in [0, 0.1) is 11.8 Å². The largest absolute Gasteiger partial charge is 0.478 e. The first-order valence-corrected chi connectivity index (χ1v) is 15.3. The van der Waals surface area contributed by atoms with Crippen molar-refractivity contribution in [1.82, 2.24) is 0 Å². The molecule has 0 atom stereocenters. The van der Waals surface area contributed by atoms with E-state index in [-0.39, 0.29) is 11.1 Å². The van der Waals surface area contributed by atoms with Crippen LogP contribution in [0.15, 0.2) is 42.5 Å². The minimum absolute atomic E-state index is 0.0696. The van der Waals surface area contributed by atoms with Gasteiger partial charge in [0.15, 0.2) is 0 Å². The summed E-state index contributed by atoms with van der Waals surface area (Å²) in [5, 5.41) is 18.8. The van der Waals surface area contributed by atoms with Gasteiger partial charge in [-0.2, -0.15) is 0 Å². The predicted octanol–water partition coefficient (Wildman–Crippen LogP) is 9.38. The molecule has 2 aromatic carbocycles. The number of unbranched alkanes of at least 4 members (excludes halogenated alkanes) is 15. The molecule has 2 aromatic rings. The van der Waals surface area contributed by atoms with Crippen LogP contribution < -0.4 is 0 Å². The Labute approximate surface area is 241 Å². The molecule has 0 aromatic heterocycles. The van der Waals surface area contributed by atoms with Gasteiger partial charge in [0.25, 0.3) is 0 Å². The second-order valence-electron chi connectivity index (χ2n) is 10.6. The Morgan fingerprint density at radius 3 is 1.65 bits per heavy atom. The molecule has 0 unspecified atom stereocenters. The van der Waals surface area contributed by atoms with Crippen molar-refractivity contribution < 1.29 is 24.5 Å². The highest BCUT2D eigenvalue weighted by atomic mass is 16.5. The highest BCUT2D eigenvalue weighted by Crippen LogP contribution is 2.26. The molecule has 0 amide bonds. The molecule has 0 spiro atoms. The molecule has 5 nitrogen and oxygen atoms in total. The molecule has 218 valence electrons. The molecule has 0 bridgehead atoms. The van der Waals surface area contributed by atoms with Crippen LogP contribution in [0.3, 0.4) is 0 Å². The number of hydrogen-bond acceptors (Lipinski definition) is 3. The number of rotatable bonds is 21. The Morgan fingerprint density at radius 2 is 1.15 bits per heavy atom. The third kappa shape index (κ3) is 13.8. The molecule has 0 aliphatic carbocycles. The number of ether oxygens (including phenoxy) is 1. The van der Waals surface area contributed by atoms with E-state index >= 15 is 0 Å². The maximum absolute atomic E-state index is 11.5. The SMILES string of the molecule is CCCCCCCCCCCCCCCCCCOCC#Cc1ccccc1-c1cc(C(=O)O)cc(C(=O)O)c1. The Balaban J connectivity index is 1.58. The lowest BCUT2D eigenvalue weighted by atomic mass is 9.96. The quantitative estimate of drug-likeness (QED) is 0.120. The molecule has 0 fully saturated rings. The van der Waals surface area contributed by atoms with Gasteiger partial charge in [-0.1, -0.05) is 133 Å². The molecular weight excluding hydrogens is 500 g/mol. The van der Waals surface area contributed by atoms with Crippen LogP contribution in [-0.2, 0) is 4.74 Å². The normalized spacial score (nSPS) is 10.7. The zero-order chi connectivity index (χ0) is 28.8. The summed E-state index contributed by atoms with van der Waals surface area (Å²) < 4.78 is 5.69. The standard InChI is InChI=1S/C35H48O5/c1-2-3-4-5-6-7-8-9-10-11-12-13-14-15-16-19-24-40-25-20-22-29-21-17-18-23-33(29)30-26-31(34(36)37)28-32(27-30)35(38)39/h17-18,21,23,26-28H,2-16,19,24-25H2,1H3,(H,36,37)(H,38,39). The van der Waals surface area contributed by atoms with Gasteiger partial charge in [-0.05, 0) is 41.8 Å². The average Bonchev–Trinajstić information content (AvgIpc) is 2.96. The molecule has 0 aliphatic heterocycles. The van der Waals surface area contributed by atoms with E-state index in [4.69, 9.17) is 4.74 Å². The molecule has 5 heteroatoms. The third-order valence-corrected chi connectivity index (χ3v) is 7.20. The van der Waals surface area contributed by atoms with Crippen molar-refractivity contribution in [3.8, 4) is 23.0 Å². The van der Waals surface area contributed by atoms with E-state index < -0.39 is 11.9 Å². The number of carboxylic acid groups (broad SMARTS) is 2. The first-order valence-electron chi connectivity index (χ1n) is 15.3. The smallest absolute Gasteiger partial charge is 0.335 e. The van der Waals surface area contributed by atoms with E-state index in [2.05, 4.69) is 18.8 Å². The zero-order valence-electron chi connectivity index (χ0n) is 24.4. The highest BCUT2D eigenvalue weighted by molar-refractivity contribution is 5.96. The number of hydrogen-bond donors (Lipinski definition) is 2. The molecule has 0 saturated heterocycles. The Morgan fingerprint density at radius 1 is 0.675 bits per heavy atom. The molecule has 0 aliphatic rings. The summed E-state index contributed by atoms with van der Waals surface area (Å²) in [6.45, 7) is 3.29. The Bertz CT molecular complexity index is 1050. The fraction of sp³-hybridized carbons (Fsp3) is 0.543. The summed E-state index contributed by atoms with van der Waals surface area (Å²) in [5.41, 5.74) is 1.77. The van der Waals surface area contributed by atoms with E-state index in [0.29, 0.717) is 29.9 Å². The second-order valence-corrected chi connectivity index (χ2v) is 10.6. The van der Waals surface area contributed by atoms with E-state index in [1.165, 1.54) is 108 Å².